The molecule has 0 aromatic heterocycles. The fourth-order valence-corrected chi connectivity index (χ4v) is 4.56. The van der Waals surface area contributed by atoms with Gasteiger partial charge in [0.15, 0.2) is 6.61 Å². The van der Waals surface area contributed by atoms with E-state index in [0.29, 0.717) is 23.0 Å². The Morgan fingerprint density at radius 1 is 1.00 bits per heavy atom. The summed E-state index contributed by atoms with van der Waals surface area (Å²) in [7, 11) is -3.74. The zero-order chi connectivity index (χ0) is 24.0. The van der Waals surface area contributed by atoms with E-state index in [4.69, 9.17) is 4.74 Å². The number of rotatable bonds is 9. The van der Waals surface area contributed by atoms with Crippen LogP contribution in [0.2, 0.25) is 0 Å². The lowest BCUT2D eigenvalue weighted by Gasteiger charge is -2.15. The van der Waals surface area contributed by atoms with Gasteiger partial charge >= 0.3 is 0 Å². The summed E-state index contributed by atoms with van der Waals surface area (Å²) in [5, 5.41) is 2.74. The molecule has 0 heterocycles. The molecule has 0 aliphatic rings. The summed E-state index contributed by atoms with van der Waals surface area (Å²) in [6.07, 6.45) is 0.972. The maximum absolute atomic E-state index is 12.7. The minimum atomic E-state index is -3.74. The average molecular weight is 467 g/mol. The Kier molecular flexibility index (Phi) is 7.76. The van der Waals surface area contributed by atoms with Crippen molar-refractivity contribution in [3.05, 3.63) is 83.4 Å². The van der Waals surface area contributed by atoms with Crippen molar-refractivity contribution in [3.63, 3.8) is 0 Å². The number of nitrogens with one attached hydrogen (secondary N) is 2. The third kappa shape index (κ3) is 6.35. The van der Waals surface area contributed by atoms with Gasteiger partial charge in [-0.2, -0.15) is 0 Å². The van der Waals surface area contributed by atoms with E-state index in [1.54, 1.807) is 18.2 Å². The van der Waals surface area contributed by atoms with Gasteiger partial charge in [-0.1, -0.05) is 49.7 Å². The molecule has 1 atom stereocenters. The van der Waals surface area contributed by atoms with E-state index in [0.717, 1.165) is 23.1 Å². The largest absolute Gasteiger partial charge is 0.483 e. The summed E-state index contributed by atoms with van der Waals surface area (Å²) in [6, 6.07) is 19.3. The van der Waals surface area contributed by atoms with Crippen LogP contribution < -0.4 is 14.8 Å². The Hall–Kier alpha value is -3.32. The molecule has 0 saturated carbocycles. The average Bonchev–Trinajstić information content (AvgIpc) is 2.79. The van der Waals surface area contributed by atoms with Gasteiger partial charge < -0.3 is 10.1 Å². The van der Waals surface area contributed by atoms with Crippen molar-refractivity contribution in [2.75, 3.05) is 16.6 Å². The number of aryl methyl sites for hydroxylation is 2. The predicted molar refractivity (Wildman–Crippen MR) is 132 cm³/mol. The molecule has 0 fully saturated rings. The molecular formula is C26H30N2O4S. The van der Waals surface area contributed by atoms with E-state index in [1.165, 1.54) is 12.1 Å². The SMILES string of the molecule is CCC(C)c1ccccc1OCC(=O)Nc1ccc(S(=O)(=O)Nc2ccc(C)cc2C)cc1. The lowest BCUT2D eigenvalue weighted by molar-refractivity contribution is -0.118. The van der Waals surface area contributed by atoms with Gasteiger partial charge in [0.05, 0.1) is 10.6 Å². The summed E-state index contributed by atoms with van der Waals surface area (Å²) >= 11 is 0. The Balaban J connectivity index is 1.62. The lowest BCUT2D eigenvalue weighted by Crippen LogP contribution is -2.20. The fourth-order valence-electron chi connectivity index (χ4n) is 3.43. The van der Waals surface area contributed by atoms with E-state index in [-0.39, 0.29) is 17.4 Å². The summed E-state index contributed by atoms with van der Waals surface area (Å²) in [5.74, 6) is 0.704. The van der Waals surface area contributed by atoms with Crippen LogP contribution in [0.5, 0.6) is 5.75 Å². The molecule has 0 aliphatic carbocycles. The highest BCUT2D eigenvalue weighted by atomic mass is 32.2. The van der Waals surface area contributed by atoms with Crippen molar-refractivity contribution in [1.82, 2.24) is 0 Å². The number of para-hydroxylation sites is 1. The Bertz CT molecular complexity index is 1220. The minimum absolute atomic E-state index is 0.110. The van der Waals surface area contributed by atoms with Gasteiger partial charge in [0.1, 0.15) is 5.75 Å². The van der Waals surface area contributed by atoms with E-state index in [1.807, 2.05) is 50.2 Å². The molecule has 1 unspecified atom stereocenters. The molecule has 7 heteroatoms. The van der Waals surface area contributed by atoms with Crippen molar-refractivity contribution >= 4 is 27.3 Å². The topological polar surface area (TPSA) is 84.5 Å². The number of hydrogen-bond acceptors (Lipinski definition) is 4. The highest BCUT2D eigenvalue weighted by Crippen LogP contribution is 2.28. The van der Waals surface area contributed by atoms with Crippen molar-refractivity contribution in [3.8, 4) is 5.75 Å². The Morgan fingerprint density at radius 2 is 1.70 bits per heavy atom. The zero-order valence-electron chi connectivity index (χ0n) is 19.4. The van der Waals surface area contributed by atoms with Crippen LogP contribution in [0, 0.1) is 13.8 Å². The number of sulfonamides is 1. The highest BCUT2D eigenvalue weighted by Gasteiger charge is 2.16. The third-order valence-electron chi connectivity index (χ3n) is 5.50. The van der Waals surface area contributed by atoms with Gasteiger partial charge in [-0.05, 0) is 73.7 Å². The smallest absolute Gasteiger partial charge is 0.262 e. The monoisotopic (exact) mass is 466 g/mol. The maximum atomic E-state index is 12.7. The van der Waals surface area contributed by atoms with Crippen LogP contribution in [0.1, 0.15) is 42.9 Å². The van der Waals surface area contributed by atoms with Crippen LogP contribution in [0.25, 0.3) is 0 Å². The summed E-state index contributed by atoms with van der Waals surface area (Å²) in [6.45, 7) is 7.89. The molecule has 0 saturated heterocycles. The lowest BCUT2D eigenvalue weighted by atomic mass is 9.98. The fraction of sp³-hybridized carbons (Fsp3) is 0.269. The molecule has 3 aromatic carbocycles. The Labute approximate surface area is 196 Å². The number of ether oxygens (including phenoxy) is 1. The molecule has 6 nitrogen and oxygen atoms in total. The molecule has 1 amide bonds. The van der Waals surface area contributed by atoms with Gasteiger partial charge in [0.2, 0.25) is 0 Å². The first kappa shape index (κ1) is 24.3. The minimum Gasteiger partial charge on any atom is -0.483 e. The number of carbonyl (C=O) groups is 1. The molecule has 0 radical (unpaired) electrons. The maximum Gasteiger partial charge on any atom is 0.262 e. The summed E-state index contributed by atoms with van der Waals surface area (Å²) in [4.78, 5) is 12.5. The second-order valence-electron chi connectivity index (χ2n) is 8.13. The summed E-state index contributed by atoms with van der Waals surface area (Å²) < 4.78 is 33.8. The molecule has 174 valence electrons. The second kappa shape index (κ2) is 10.5. The first-order valence-corrected chi connectivity index (χ1v) is 12.4. The van der Waals surface area contributed by atoms with Crippen molar-refractivity contribution in [2.45, 2.75) is 44.9 Å². The number of amides is 1. The van der Waals surface area contributed by atoms with E-state index >= 15 is 0 Å². The standard InChI is InChI=1S/C26H30N2O4S/c1-5-19(3)23-8-6-7-9-25(23)32-17-26(29)27-21-11-13-22(14-12-21)33(30,31)28-24-15-10-18(2)16-20(24)4/h6-16,19,28H,5,17H2,1-4H3,(H,27,29). The van der Waals surface area contributed by atoms with Crippen molar-refractivity contribution in [1.29, 1.82) is 0 Å². The van der Waals surface area contributed by atoms with E-state index in [2.05, 4.69) is 23.9 Å². The van der Waals surface area contributed by atoms with Crippen LogP contribution >= 0.6 is 0 Å². The number of hydrogen-bond donors (Lipinski definition) is 2. The van der Waals surface area contributed by atoms with Gasteiger partial charge in [-0.3, -0.25) is 9.52 Å². The first-order valence-electron chi connectivity index (χ1n) is 10.9. The molecule has 0 spiro atoms. The van der Waals surface area contributed by atoms with Crippen LogP contribution in [-0.4, -0.2) is 20.9 Å². The van der Waals surface area contributed by atoms with Gasteiger partial charge in [0.25, 0.3) is 15.9 Å². The van der Waals surface area contributed by atoms with Crippen LogP contribution in [0.3, 0.4) is 0 Å². The molecular weight excluding hydrogens is 436 g/mol. The molecule has 0 aliphatic heterocycles. The van der Waals surface area contributed by atoms with Crippen molar-refractivity contribution in [2.24, 2.45) is 0 Å². The molecule has 3 rings (SSSR count). The molecule has 3 aromatic rings. The first-order chi connectivity index (χ1) is 15.7. The predicted octanol–water partition coefficient (Wildman–Crippen LogP) is 5.64. The Morgan fingerprint density at radius 3 is 2.36 bits per heavy atom. The molecule has 33 heavy (non-hydrogen) atoms. The normalized spacial score (nSPS) is 12.1. The molecule has 2 N–H and O–H groups in total. The quantitative estimate of drug-likeness (QED) is 0.428. The zero-order valence-corrected chi connectivity index (χ0v) is 20.2. The van der Waals surface area contributed by atoms with Crippen LogP contribution in [0.4, 0.5) is 11.4 Å². The number of benzene rings is 3. The number of anilines is 2. The second-order valence-corrected chi connectivity index (χ2v) is 9.81. The van der Waals surface area contributed by atoms with Crippen molar-refractivity contribution < 1.29 is 17.9 Å². The van der Waals surface area contributed by atoms with Crippen LogP contribution in [-0.2, 0) is 14.8 Å². The van der Waals surface area contributed by atoms with E-state index in [9.17, 15) is 13.2 Å². The third-order valence-corrected chi connectivity index (χ3v) is 6.88. The molecule has 0 bridgehead atoms. The van der Waals surface area contributed by atoms with Gasteiger partial charge in [-0.15, -0.1) is 0 Å². The highest BCUT2D eigenvalue weighted by molar-refractivity contribution is 7.92. The van der Waals surface area contributed by atoms with E-state index < -0.39 is 10.0 Å². The van der Waals surface area contributed by atoms with Gasteiger partial charge in [0, 0.05) is 5.69 Å². The number of carbonyl (C=O) groups excluding carboxylic acids is 1. The summed E-state index contributed by atoms with van der Waals surface area (Å²) in [5.41, 5.74) is 4.00. The van der Waals surface area contributed by atoms with Gasteiger partial charge in [-0.25, -0.2) is 8.42 Å². The van der Waals surface area contributed by atoms with Crippen LogP contribution in [0.15, 0.2) is 71.6 Å².